The summed E-state index contributed by atoms with van der Waals surface area (Å²) >= 11 is 0. The standard InChI is InChI=1S/C14H18N2O4/c1-9(16-18)12-6-5-11(19-2)7-13(12)20-8-14(17)15-10-3-4-10/h5-7,10,18H,3-4,8H2,1-2H3,(H,15,17)/b16-9+. The SMILES string of the molecule is COc1ccc(/C(C)=N/O)c(OCC(=O)NC2CC2)c1. The third-order valence-electron chi connectivity index (χ3n) is 3.03. The fourth-order valence-corrected chi connectivity index (χ4v) is 1.74. The number of hydrogen-bond donors (Lipinski definition) is 2. The maximum absolute atomic E-state index is 11.6. The minimum absolute atomic E-state index is 0.0740. The third kappa shape index (κ3) is 3.63. The second kappa shape index (κ2) is 6.27. The highest BCUT2D eigenvalue weighted by atomic mass is 16.5. The van der Waals surface area contributed by atoms with Gasteiger partial charge in [-0.05, 0) is 31.9 Å². The van der Waals surface area contributed by atoms with Crippen LogP contribution in [0.1, 0.15) is 25.3 Å². The molecule has 0 saturated heterocycles. The van der Waals surface area contributed by atoms with Gasteiger partial charge in [-0.25, -0.2) is 0 Å². The van der Waals surface area contributed by atoms with E-state index in [1.165, 1.54) is 0 Å². The molecule has 0 unspecified atom stereocenters. The van der Waals surface area contributed by atoms with E-state index in [-0.39, 0.29) is 12.5 Å². The van der Waals surface area contributed by atoms with E-state index in [0.717, 1.165) is 12.8 Å². The molecule has 1 fully saturated rings. The van der Waals surface area contributed by atoms with Crippen molar-refractivity contribution in [2.75, 3.05) is 13.7 Å². The molecule has 1 aliphatic rings. The number of carbonyl (C=O) groups excluding carboxylic acids is 1. The zero-order chi connectivity index (χ0) is 14.5. The van der Waals surface area contributed by atoms with E-state index in [4.69, 9.17) is 14.7 Å². The first-order valence-corrected chi connectivity index (χ1v) is 6.43. The number of oxime groups is 1. The molecule has 0 aromatic heterocycles. The Hall–Kier alpha value is -2.24. The number of nitrogens with zero attached hydrogens (tertiary/aromatic N) is 1. The van der Waals surface area contributed by atoms with Crippen LogP contribution in [0.3, 0.4) is 0 Å². The number of carbonyl (C=O) groups is 1. The van der Waals surface area contributed by atoms with E-state index < -0.39 is 0 Å². The van der Waals surface area contributed by atoms with Gasteiger partial charge in [0.05, 0.1) is 12.8 Å². The largest absolute Gasteiger partial charge is 0.497 e. The van der Waals surface area contributed by atoms with Crippen molar-refractivity contribution in [3.63, 3.8) is 0 Å². The van der Waals surface area contributed by atoms with E-state index in [1.807, 2.05) is 0 Å². The minimum Gasteiger partial charge on any atom is -0.497 e. The molecule has 0 bridgehead atoms. The van der Waals surface area contributed by atoms with Gasteiger partial charge in [0.1, 0.15) is 11.5 Å². The van der Waals surface area contributed by atoms with E-state index >= 15 is 0 Å². The van der Waals surface area contributed by atoms with Crippen molar-refractivity contribution in [3.05, 3.63) is 23.8 Å². The quantitative estimate of drug-likeness (QED) is 0.470. The van der Waals surface area contributed by atoms with Crippen molar-refractivity contribution >= 4 is 11.6 Å². The van der Waals surface area contributed by atoms with Crippen molar-refractivity contribution in [2.45, 2.75) is 25.8 Å². The highest BCUT2D eigenvalue weighted by molar-refractivity contribution is 6.01. The highest BCUT2D eigenvalue weighted by Crippen LogP contribution is 2.25. The lowest BCUT2D eigenvalue weighted by Crippen LogP contribution is -2.30. The molecule has 1 aliphatic carbocycles. The Balaban J connectivity index is 2.08. The summed E-state index contributed by atoms with van der Waals surface area (Å²) in [6.45, 7) is 1.58. The molecule has 0 heterocycles. The minimum atomic E-state index is -0.153. The van der Waals surface area contributed by atoms with Crippen LogP contribution in [-0.2, 0) is 4.79 Å². The Kier molecular flexibility index (Phi) is 4.45. The van der Waals surface area contributed by atoms with Crippen molar-refractivity contribution in [3.8, 4) is 11.5 Å². The topological polar surface area (TPSA) is 80.2 Å². The number of amides is 1. The second-order valence-corrected chi connectivity index (χ2v) is 4.68. The molecule has 0 spiro atoms. The van der Waals surface area contributed by atoms with Gasteiger partial charge in [-0.2, -0.15) is 0 Å². The lowest BCUT2D eigenvalue weighted by atomic mass is 10.1. The number of benzene rings is 1. The van der Waals surface area contributed by atoms with Crippen LogP contribution in [0, 0.1) is 0 Å². The van der Waals surface area contributed by atoms with Crippen LogP contribution in [0.25, 0.3) is 0 Å². The Morgan fingerprint density at radius 2 is 2.25 bits per heavy atom. The first kappa shape index (κ1) is 14.2. The van der Waals surface area contributed by atoms with Crippen LogP contribution in [0.2, 0.25) is 0 Å². The molecule has 0 radical (unpaired) electrons. The molecule has 6 nitrogen and oxygen atoms in total. The number of ether oxygens (including phenoxy) is 2. The average molecular weight is 278 g/mol. The molecule has 1 amide bonds. The van der Waals surface area contributed by atoms with Crippen LogP contribution in [0.15, 0.2) is 23.4 Å². The maximum Gasteiger partial charge on any atom is 0.258 e. The Morgan fingerprint density at radius 3 is 2.85 bits per heavy atom. The van der Waals surface area contributed by atoms with Gasteiger partial charge < -0.3 is 20.0 Å². The number of nitrogens with one attached hydrogen (secondary N) is 1. The molecule has 0 aliphatic heterocycles. The van der Waals surface area contributed by atoms with Gasteiger partial charge in [0.15, 0.2) is 6.61 Å². The van der Waals surface area contributed by atoms with E-state index in [9.17, 15) is 4.79 Å². The highest BCUT2D eigenvalue weighted by Gasteiger charge is 2.23. The zero-order valence-electron chi connectivity index (χ0n) is 11.5. The normalized spacial score (nSPS) is 14.8. The summed E-state index contributed by atoms with van der Waals surface area (Å²) < 4.78 is 10.6. The van der Waals surface area contributed by atoms with Crippen molar-refractivity contribution in [1.29, 1.82) is 0 Å². The van der Waals surface area contributed by atoms with Crippen molar-refractivity contribution in [1.82, 2.24) is 5.32 Å². The summed E-state index contributed by atoms with van der Waals surface area (Å²) in [5, 5.41) is 14.9. The zero-order valence-corrected chi connectivity index (χ0v) is 11.5. The van der Waals surface area contributed by atoms with Gasteiger partial charge >= 0.3 is 0 Å². The number of hydrogen-bond acceptors (Lipinski definition) is 5. The molecule has 2 N–H and O–H groups in total. The van der Waals surface area contributed by atoms with E-state index in [0.29, 0.717) is 28.8 Å². The summed E-state index contributed by atoms with van der Waals surface area (Å²) in [5.41, 5.74) is 1.03. The molecule has 0 atom stereocenters. The van der Waals surface area contributed by atoms with Gasteiger partial charge in [0, 0.05) is 17.7 Å². The van der Waals surface area contributed by atoms with Gasteiger partial charge in [-0.15, -0.1) is 0 Å². The summed E-state index contributed by atoms with van der Waals surface area (Å²) in [6.07, 6.45) is 2.07. The summed E-state index contributed by atoms with van der Waals surface area (Å²) in [5.74, 6) is 0.905. The molecular formula is C14H18N2O4. The third-order valence-corrected chi connectivity index (χ3v) is 3.03. The smallest absolute Gasteiger partial charge is 0.258 e. The molecule has 6 heteroatoms. The molecule has 1 saturated carbocycles. The first-order valence-electron chi connectivity index (χ1n) is 6.43. The van der Waals surface area contributed by atoms with Gasteiger partial charge in [-0.1, -0.05) is 5.16 Å². The average Bonchev–Trinajstić information content (AvgIpc) is 3.27. The molecule has 2 rings (SSSR count). The Morgan fingerprint density at radius 1 is 1.50 bits per heavy atom. The predicted molar refractivity (Wildman–Crippen MR) is 73.7 cm³/mol. The van der Waals surface area contributed by atoms with E-state index in [2.05, 4.69) is 10.5 Å². The van der Waals surface area contributed by atoms with Crippen LogP contribution in [-0.4, -0.2) is 36.6 Å². The summed E-state index contributed by atoms with van der Waals surface area (Å²) in [6, 6.07) is 5.43. The molecule has 108 valence electrons. The lowest BCUT2D eigenvalue weighted by Gasteiger charge is -2.12. The van der Waals surface area contributed by atoms with Crippen LogP contribution in [0.4, 0.5) is 0 Å². The van der Waals surface area contributed by atoms with Crippen LogP contribution < -0.4 is 14.8 Å². The van der Waals surface area contributed by atoms with Crippen LogP contribution in [0.5, 0.6) is 11.5 Å². The lowest BCUT2D eigenvalue weighted by molar-refractivity contribution is -0.123. The second-order valence-electron chi connectivity index (χ2n) is 4.68. The Labute approximate surface area is 117 Å². The molecule has 1 aromatic rings. The van der Waals surface area contributed by atoms with Crippen LogP contribution >= 0.6 is 0 Å². The van der Waals surface area contributed by atoms with Gasteiger partial charge in [0.25, 0.3) is 5.91 Å². The Bertz CT molecular complexity index is 524. The molecular weight excluding hydrogens is 260 g/mol. The number of methoxy groups -OCH3 is 1. The monoisotopic (exact) mass is 278 g/mol. The number of rotatable bonds is 6. The summed E-state index contributed by atoms with van der Waals surface area (Å²) in [7, 11) is 1.55. The predicted octanol–water partition coefficient (Wildman–Crippen LogP) is 1.55. The molecule has 1 aromatic carbocycles. The summed E-state index contributed by atoms with van der Waals surface area (Å²) in [4.78, 5) is 11.6. The first-order chi connectivity index (χ1) is 9.63. The van der Waals surface area contributed by atoms with Gasteiger partial charge in [0.2, 0.25) is 0 Å². The maximum atomic E-state index is 11.6. The molecule has 20 heavy (non-hydrogen) atoms. The van der Waals surface area contributed by atoms with Crippen molar-refractivity contribution < 1.29 is 19.5 Å². The van der Waals surface area contributed by atoms with Crippen molar-refractivity contribution in [2.24, 2.45) is 5.16 Å². The van der Waals surface area contributed by atoms with E-state index in [1.54, 1.807) is 32.2 Å². The fourth-order valence-electron chi connectivity index (χ4n) is 1.74. The fraction of sp³-hybridized carbons (Fsp3) is 0.429. The van der Waals surface area contributed by atoms with Gasteiger partial charge in [-0.3, -0.25) is 4.79 Å².